The summed E-state index contributed by atoms with van der Waals surface area (Å²) in [5.74, 6) is 0.573. The van der Waals surface area contributed by atoms with E-state index in [9.17, 15) is 14.7 Å². The van der Waals surface area contributed by atoms with Gasteiger partial charge in [0.1, 0.15) is 5.75 Å². The van der Waals surface area contributed by atoms with Crippen molar-refractivity contribution in [1.29, 1.82) is 0 Å². The van der Waals surface area contributed by atoms with Gasteiger partial charge in [0.05, 0.1) is 12.7 Å². The average molecular weight is 398 g/mol. The minimum absolute atomic E-state index is 0. The first-order chi connectivity index (χ1) is 12.5. The molecule has 0 radical (unpaired) electrons. The second-order valence-electron chi connectivity index (χ2n) is 7.16. The number of amides is 2. The molecule has 2 aliphatic heterocycles. The van der Waals surface area contributed by atoms with Gasteiger partial charge in [-0.15, -0.1) is 12.4 Å². The molecular weight excluding hydrogens is 370 g/mol. The monoisotopic (exact) mass is 397 g/mol. The summed E-state index contributed by atoms with van der Waals surface area (Å²) < 4.78 is 5.11. The van der Waals surface area contributed by atoms with Gasteiger partial charge in [-0.2, -0.15) is 0 Å². The molecule has 1 atom stereocenters. The van der Waals surface area contributed by atoms with Crippen molar-refractivity contribution in [2.75, 3.05) is 39.8 Å². The van der Waals surface area contributed by atoms with Crippen LogP contribution in [0, 0.1) is 5.92 Å². The molecule has 8 heteroatoms. The quantitative estimate of drug-likeness (QED) is 0.684. The summed E-state index contributed by atoms with van der Waals surface area (Å²) in [6.45, 7) is 2.70. The van der Waals surface area contributed by atoms with Crippen molar-refractivity contribution in [3.63, 3.8) is 0 Å². The predicted octanol–water partition coefficient (Wildman–Crippen LogP) is 0.810. The molecule has 2 fully saturated rings. The third kappa shape index (κ3) is 5.34. The molecule has 27 heavy (non-hydrogen) atoms. The highest BCUT2D eigenvalue weighted by Gasteiger charge is 2.33. The van der Waals surface area contributed by atoms with Gasteiger partial charge in [0, 0.05) is 37.7 Å². The summed E-state index contributed by atoms with van der Waals surface area (Å²) in [7, 11) is 1.59. The summed E-state index contributed by atoms with van der Waals surface area (Å²) >= 11 is 0. The number of methoxy groups -OCH3 is 1. The van der Waals surface area contributed by atoms with Gasteiger partial charge in [0.2, 0.25) is 5.91 Å². The van der Waals surface area contributed by atoms with E-state index in [-0.39, 0.29) is 36.7 Å². The molecule has 2 amide bonds. The van der Waals surface area contributed by atoms with E-state index in [4.69, 9.17) is 4.74 Å². The summed E-state index contributed by atoms with van der Waals surface area (Å²) in [5, 5.41) is 16.3. The Balaban J connectivity index is 0.00000261. The molecule has 2 heterocycles. The molecule has 0 spiro atoms. The number of carbonyl (C=O) groups is 2. The lowest BCUT2D eigenvalue weighted by molar-refractivity contribution is -0.127. The minimum atomic E-state index is -0.833. The van der Waals surface area contributed by atoms with Crippen LogP contribution in [-0.2, 0) is 4.79 Å². The van der Waals surface area contributed by atoms with Gasteiger partial charge >= 0.3 is 0 Å². The number of piperidine rings is 1. The van der Waals surface area contributed by atoms with Gasteiger partial charge in [-0.3, -0.25) is 9.59 Å². The number of halogens is 1. The highest BCUT2D eigenvalue weighted by Crippen LogP contribution is 2.21. The fourth-order valence-corrected chi connectivity index (χ4v) is 3.54. The molecule has 7 nitrogen and oxygen atoms in total. The maximum Gasteiger partial charge on any atom is 0.253 e. The lowest BCUT2D eigenvalue weighted by Crippen LogP contribution is -2.48. The molecule has 0 saturated carbocycles. The summed E-state index contributed by atoms with van der Waals surface area (Å²) in [4.78, 5) is 26.7. The summed E-state index contributed by atoms with van der Waals surface area (Å²) in [5.41, 5.74) is -0.203. The van der Waals surface area contributed by atoms with E-state index < -0.39 is 5.60 Å². The van der Waals surface area contributed by atoms with E-state index in [1.807, 2.05) is 0 Å². The van der Waals surface area contributed by atoms with E-state index in [2.05, 4.69) is 10.6 Å². The Morgan fingerprint density at radius 1 is 1.30 bits per heavy atom. The molecular formula is C19H28ClN3O4. The van der Waals surface area contributed by atoms with Crippen LogP contribution in [0.3, 0.4) is 0 Å². The van der Waals surface area contributed by atoms with Crippen LogP contribution in [0.1, 0.15) is 29.6 Å². The minimum Gasteiger partial charge on any atom is -0.497 e. The van der Waals surface area contributed by atoms with E-state index in [0.717, 1.165) is 12.3 Å². The molecule has 2 aliphatic rings. The Morgan fingerprint density at radius 2 is 1.96 bits per heavy atom. The highest BCUT2D eigenvalue weighted by atomic mass is 35.5. The van der Waals surface area contributed by atoms with Gasteiger partial charge in [-0.1, -0.05) is 0 Å². The highest BCUT2D eigenvalue weighted by molar-refractivity contribution is 5.94. The number of likely N-dealkylation sites (tertiary alicyclic amines) is 1. The van der Waals surface area contributed by atoms with Crippen LogP contribution in [0.15, 0.2) is 24.3 Å². The first-order valence-corrected chi connectivity index (χ1v) is 9.15. The topological polar surface area (TPSA) is 90.9 Å². The lowest BCUT2D eigenvalue weighted by atomic mass is 9.94. The summed E-state index contributed by atoms with van der Waals surface area (Å²) in [6, 6.07) is 7.07. The smallest absolute Gasteiger partial charge is 0.253 e. The number of benzene rings is 1. The first kappa shape index (κ1) is 21.5. The molecule has 3 N–H and O–H groups in total. The normalized spacial score (nSPS) is 22.8. The second kappa shape index (κ2) is 9.39. The molecule has 3 rings (SSSR count). The average Bonchev–Trinajstić information content (AvgIpc) is 3.12. The fraction of sp³-hybridized carbons (Fsp3) is 0.579. The molecule has 1 aromatic rings. The van der Waals surface area contributed by atoms with Crippen molar-refractivity contribution in [1.82, 2.24) is 15.5 Å². The zero-order chi connectivity index (χ0) is 18.6. The van der Waals surface area contributed by atoms with E-state index in [1.165, 1.54) is 0 Å². The fourth-order valence-electron chi connectivity index (χ4n) is 3.54. The number of hydrogen-bond donors (Lipinski definition) is 3. The van der Waals surface area contributed by atoms with E-state index >= 15 is 0 Å². The molecule has 0 bridgehead atoms. The Bertz CT molecular complexity index is 639. The Morgan fingerprint density at radius 3 is 2.52 bits per heavy atom. The van der Waals surface area contributed by atoms with Crippen LogP contribution in [0.25, 0.3) is 0 Å². The number of hydrogen-bond acceptors (Lipinski definition) is 5. The standard InChI is InChI=1S/C19H27N3O4.ClH/c1-26-16-4-2-15(3-5-16)18(24)22-10-6-14(7-11-22)17(23)21-13-19(25)8-9-20-12-19;/h2-5,14,20,25H,6-13H2,1H3,(H,21,23);1H. The Kier molecular flexibility index (Phi) is 7.47. The molecule has 0 aliphatic carbocycles. The predicted molar refractivity (Wildman–Crippen MR) is 104 cm³/mol. The zero-order valence-electron chi connectivity index (χ0n) is 15.6. The third-order valence-electron chi connectivity index (χ3n) is 5.30. The Labute approximate surface area is 165 Å². The molecule has 1 unspecified atom stereocenters. The van der Waals surface area contributed by atoms with Crippen LogP contribution in [-0.4, -0.2) is 67.3 Å². The van der Waals surface area contributed by atoms with Crippen LogP contribution in [0.2, 0.25) is 0 Å². The largest absolute Gasteiger partial charge is 0.497 e. The van der Waals surface area contributed by atoms with Crippen LogP contribution in [0.4, 0.5) is 0 Å². The van der Waals surface area contributed by atoms with Crippen LogP contribution in [0.5, 0.6) is 5.75 Å². The maximum absolute atomic E-state index is 12.6. The van der Waals surface area contributed by atoms with Crippen molar-refractivity contribution in [2.45, 2.75) is 24.9 Å². The Hall–Kier alpha value is -1.83. The third-order valence-corrected chi connectivity index (χ3v) is 5.30. The number of rotatable bonds is 5. The van der Waals surface area contributed by atoms with Gasteiger partial charge < -0.3 is 25.4 Å². The van der Waals surface area contributed by atoms with Crippen LogP contribution >= 0.6 is 12.4 Å². The number of nitrogens with zero attached hydrogens (tertiary/aromatic N) is 1. The van der Waals surface area contributed by atoms with Gasteiger partial charge in [0.25, 0.3) is 5.91 Å². The van der Waals surface area contributed by atoms with E-state index in [0.29, 0.717) is 44.5 Å². The number of carbonyl (C=O) groups excluding carboxylic acids is 2. The lowest BCUT2D eigenvalue weighted by Gasteiger charge is -2.32. The van der Waals surface area contributed by atoms with Crippen molar-refractivity contribution >= 4 is 24.2 Å². The van der Waals surface area contributed by atoms with Crippen molar-refractivity contribution < 1.29 is 19.4 Å². The van der Waals surface area contributed by atoms with E-state index in [1.54, 1.807) is 36.3 Å². The molecule has 150 valence electrons. The van der Waals surface area contributed by atoms with Gasteiger partial charge in [-0.05, 0) is 50.1 Å². The number of ether oxygens (including phenoxy) is 1. The van der Waals surface area contributed by atoms with Gasteiger partial charge in [0.15, 0.2) is 0 Å². The van der Waals surface area contributed by atoms with Crippen molar-refractivity contribution in [2.24, 2.45) is 5.92 Å². The zero-order valence-corrected chi connectivity index (χ0v) is 16.4. The maximum atomic E-state index is 12.6. The SMILES string of the molecule is COc1ccc(C(=O)N2CCC(C(=O)NCC3(O)CCNC3)CC2)cc1.Cl. The second-order valence-corrected chi connectivity index (χ2v) is 7.16. The molecule has 0 aromatic heterocycles. The molecule has 2 saturated heterocycles. The van der Waals surface area contributed by atoms with Gasteiger partial charge in [-0.25, -0.2) is 0 Å². The molecule has 1 aromatic carbocycles. The summed E-state index contributed by atoms with van der Waals surface area (Å²) in [6.07, 6.45) is 1.94. The first-order valence-electron chi connectivity index (χ1n) is 9.15. The number of nitrogens with one attached hydrogen (secondary N) is 2. The number of aliphatic hydroxyl groups is 1. The number of β-amino-alcohol motifs (C(OH)–C–C–N with tert-alkyl or cyclic N) is 1. The van der Waals surface area contributed by atoms with Crippen molar-refractivity contribution in [3.8, 4) is 5.75 Å². The van der Waals surface area contributed by atoms with Crippen molar-refractivity contribution in [3.05, 3.63) is 29.8 Å². The van der Waals surface area contributed by atoms with Crippen LogP contribution < -0.4 is 15.4 Å².